The maximum Gasteiger partial charge on any atom is 0.286 e. The average Bonchev–Trinajstić information content (AvgIpc) is 2.88. The number of nitrogens with one attached hydrogen (secondary N) is 1. The minimum absolute atomic E-state index is 0.175. The highest BCUT2D eigenvalue weighted by molar-refractivity contribution is 9.09. The lowest BCUT2D eigenvalue weighted by atomic mass is 10.2. The summed E-state index contributed by atoms with van der Waals surface area (Å²) in [5, 5.41) is 4.22. The standard InChI is InChI=1S/C10H10N2O2.C2H3BrO.C2H6/c1-12-8-6-4-2-3-5-7(6)14-9(8)10(11)13;3-1-2-4;1-2/h2-5,12H,1H3,(H2,11,13);2H,1H2;1-2H3. The van der Waals surface area contributed by atoms with E-state index in [1.54, 1.807) is 13.1 Å². The van der Waals surface area contributed by atoms with Gasteiger partial charge in [-0.05, 0) is 12.1 Å². The van der Waals surface area contributed by atoms with Crippen LogP contribution in [0.3, 0.4) is 0 Å². The summed E-state index contributed by atoms with van der Waals surface area (Å²) in [6, 6.07) is 7.39. The summed E-state index contributed by atoms with van der Waals surface area (Å²) in [4.78, 5) is 20.2. The quantitative estimate of drug-likeness (QED) is 0.662. The molecule has 110 valence electrons. The Morgan fingerprint density at radius 1 is 1.40 bits per heavy atom. The second-order valence-electron chi connectivity index (χ2n) is 3.24. The van der Waals surface area contributed by atoms with Crippen LogP contribution in [0, 0.1) is 0 Å². The van der Waals surface area contributed by atoms with Crippen molar-refractivity contribution in [3.63, 3.8) is 0 Å². The van der Waals surface area contributed by atoms with Gasteiger partial charge >= 0.3 is 0 Å². The summed E-state index contributed by atoms with van der Waals surface area (Å²) in [5.74, 6) is -0.390. The van der Waals surface area contributed by atoms with Crippen LogP contribution in [0.5, 0.6) is 0 Å². The van der Waals surface area contributed by atoms with Crippen LogP contribution in [-0.4, -0.2) is 24.6 Å². The van der Waals surface area contributed by atoms with Crippen LogP contribution in [0.2, 0.25) is 0 Å². The number of para-hydroxylation sites is 1. The molecule has 0 saturated heterocycles. The van der Waals surface area contributed by atoms with Gasteiger partial charge in [-0.2, -0.15) is 0 Å². The van der Waals surface area contributed by atoms with Gasteiger partial charge in [0.05, 0.1) is 11.0 Å². The predicted molar refractivity (Wildman–Crippen MR) is 85.5 cm³/mol. The number of hydrogen-bond donors (Lipinski definition) is 2. The van der Waals surface area contributed by atoms with Crippen LogP contribution in [0.1, 0.15) is 24.4 Å². The van der Waals surface area contributed by atoms with Crippen LogP contribution >= 0.6 is 15.9 Å². The fraction of sp³-hybridized carbons (Fsp3) is 0.286. The van der Waals surface area contributed by atoms with Crippen molar-refractivity contribution in [3.8, 4) is 0 Å². The van der Waals surface area contributed by atoms with Crippen LogP contribution in [0.25, 0.3) is 11.0 Å². The van der Waals surface area contributed by atoms with E-state index in [0.717, 1.165) is 11.7 Å². The second-order valence-corrected chi connectivity index (χ2v) is 3.89. The average molecular weight is 343 g/mol. The highest BCUT2D eigenvalue weighted by Crippen LogP contribution is 2.29. The zero-order valence-corrected chi connectivity index (χ0v) is 13.4. The van der Waals surface area contributed by atoms with Crippen molar-refractivity contribution in [2.45, 2.75) is 13.8 Å². The minimum Gasteiger partial charge on any atom is -0.449 e. The van der Waals surface area contributed by atoms with Gasteiger partial charge in [-0.15, -0.1) is 0 Å². The summed E-state index contributed by atoms with van der Waals surface area (Å²) in [6.45, 7) is 4.00. The Morgan fingerprint density at radius 3 is 2.40 bits per heavy atom. The lowest BCUT2D eigenvalue weighted by Gasteiger charge is -1.96. The third-order valence-electron chi connectivity index (χ3n) is 2.13. The van der Waals surface area contributed by atoms with Gasteiger partial charge in [-0.3, -0.25) is 4.79 Å². The smallest absolute Gasteiger partial charge is 0.286 e. The first-order valence-electron chi connectivity index (χ1n) is 6.14. The van der Waals surface area contributed by atoms with Crippen LogP contribution < -0.4 is 11.1 Å². The highest BCUT2D eigenvalue weighted by Gasteiger charge is 2.16. The van der Waals surface area contributed by atoms with Gasteiger partial charge < -0.3 is 20.3 Å². The number of halogens is 1. The number of carbonyl (C=O) groups is 2. The molecule has 0 atom stereocenters. The van der Waals surface area contributed by atoms with Crippen molar-refractivity contribution in [3.05, 3.63) is 30.0 Å². The zero-order chi connectivity index (χ0) is 15.5. The van der Waals surface area contributed by atoms with Gasteiger partial charge in [-0.25, -0.2) is 0 Å². The maximum absolute atomic E-state index is 11.0. The number of fused-ring (bicyclic) bond motifs is 1. The van der Waals surface area contributed by atoms with Gasteiger partial charge in [0, 0.05) is 12.4 Å². The molecule has 1 aromatic carbocycles. The predicted octanol–water partition coefficient (Wildman–Crippen LogP) is 3.18. The summed E-state index contributed by atoms with van der Waals surface area (Å²) < 4.78 is 5.31. The fourth-order valence-corrected chi connectivity index (χ4v) is 1.47. The lowest BCUT2D eigenvalue weighted by Crippen LogP contribution is -2.11. The van der Waals surface area contributed by atoms with E-state index >= 15 is 0 Å². The van der Waals surface area contributed by atoms with E-state index in [-0.39, 0.29) is 5.76 Å². The highest BCUT2D eigenvalue weighted by atomic mass is 79.9. The SMILES string of the molecule is CC.CNc1c(C(N)=O)oc2ccccc12.O=CCBr. The van der Waals surface area contributed by atoms with Gasteiger partial charge in [0.1, 0.15) is 11.9 Å². The first-order valence-corrected chi connectivity index (χ1v) is 7.26. The van der Waals surface area contributed by atoms with E-state index in [0.29, 0.717) is 16.6 Å². The van der Waals surface area contributed by atoms with Gasteiger partial charge in [0.25, 0.3) is 5.91 Å². The molecule has 5 nitrogen and oxygen atoms in total. The summed E-state index contributed by atoms with van der Waals surface area (Å²) in [6.07, 6.45) is 0.792. The van der Waals surface area contributed by atoms with Crippen LogP contribution in [0.4, 0.5) is 5.69 Å². The number of anilines is 1. The summed E-state index contributed by atoms with van der Waals surface area (Å²) >= 11 is 2.88. The van der Waals surface area contributed by atoms with Crippen molar-refractivity contribution in [1.29, 1.82) is 0 Å². The fourth-order valence-electron chi connectivity index (χ4n) is 1.47. The molecule has 3 N–H and O–H groups in total. The number of benzene rings is 1. The number of carbonyl (C=O) groups excluding carboxylic acids is 2. The Kier molecular flexibility index (Phi) is 9.11. The van der Waals surface area contributed by atoms with Crippen LogP contribution in [-0.2, 0) is 4.79 Å². The van der Waals surface area contributed by atoms with Crippen molar-refractivity contribution >= 4 is 44.8 Å². The molecule has 0 unspecified atom stereocenters. The molecule has 0 bridgehead atoms. The third-order valence-corrected chi connectivity index (χ3v) is 2.40. The molecule has 1 amide bonds. The summed E-state index contributed by atoms with van der Waals surface area (Å²) in [5.41, 5.74) is 6.49. The molecule has 20 heavy (non-hydrogen) atoms. The van der Waals surface area contributed by atoms with E-state index in [1.165, 1.54) is 0 Å². The molecular formula is C14H19BrN2O3. The van der Waals surface area contributed by atoms with Gasteiger partial charge in [0.15, 0.2) is 0 Å². The molecule has 0 radical (unpaired) electrons. The second kappa shape index (κ2) is 10.0. The molecule has 6 heteroatoms. The van der Waals surface area contributed by atoms with Crippen molar-refractivity contribution in [1.82, 2.24) is 0 Å². The molecule has 0 aliphatic carbocycles. The Balaban J connectivity index is 0.000000521. The minimum atomic E-state index is -0.564. The summed E-state index contributed by atoms with van der Waals surface area (Å²) in [7, 11) is 1.73. The number of alkyl halides is 1. The molecule has 0 spiro atoms. The molecule has 1 aromatic heterocycles. The number of hydrogen-bond acceptors (Lipinski definition) is 4. The number of amides is 1. The normalized spacial score (nSPS) is 8.80. The Hall–Kier alpha value is -1.82. The topological polar surface area (TPSA) is 85.3 Å². The zero-order valence-electron chi connectivity index (χ0n) is 11.8. The number of primary amides is 1. The largest absolute Gasteiger partial charge is 0.449 e. The Morgan fingerprint density at radius 2 is 1.95 bits per heavy atom. The molecule has 0 saturated carbocycles. The monoisotopic (exact) mass is 342 g/mol. The molecular weight excluding hydrogens is 324 g/mol. The number of rotatable bonds is 3. The maximum atomic E-state index is 11.0. The first kappa shape index (κ1) is 18.2. The van der Waals surface area contributed by atoms with E-state index < -0.39 is 5.91 Å². The lowest BCUT2D eigenvalue weighted by molar-refractivity contribution is -0.105. The van der Waals surface area contributed by atoms with E-state index in [1.807, 2.05) is 32.0 Å². The molecule has 0 fully saturated rings. The molecule has 1 heterocycles. The number of furan rings is 1. The Bertz CT molecular complexity index is 552. The number of nitrogens with two attached hydrogens (primary N) is 1. The van der Waals surface area contributed by atoms with Crippen molar-refractivity contribution in [2.24, 2.45) is 5.73 Å². The molecule has 0 aliphatic heterocycles. The molecule has 2 rings (SSSR count). The van der Waals surface area contributed by atoms with Crippen molar-refractivity contribution in [2.75, 3.05) is 17.7 Å². The van der Waals surface area contributed by atoms with E-state index in [9.17, 15) is 4.79 Å². The Labute approximate surface area is 126 Å². The molecule has 0 aliphatic rings. The van der Waals surface area contributed by atoms with Gasteiger partial charge in [0.2, 0.25) is 5.76 Å². The van der Waals surface area contributed by atoms with E-state index in [2.05, 4.69) is 21.2 Å². The van der Waals surface area contributed by atoms with E-state index in [4.69, 9.17) is 14.9 Å². The van der Waals surface area contributed by atoms with Crippen LogP contribution in [0.15, 0.2) is 28.7 Å². The number of aldehydes is 1. The molecule has 2 aromatic rings. The first-order chi connectivity index (χ1) is 9.65. The van der Waals surface area contributed by atoms with Gasteiger partial charge in [-0.1, -0.05) is 41.9 Å². The third kappa shape index (κ3) is 4.70. The van der Waals surface area contributed by atoms with Crippen molar-refractivity contribution < 1.29 is 14.0 Å².